The Morgan fingerprint density at radius 3 is 2.86 bits per heavy atom. The number of fused-ring (bicyclic) bond motifs is 1. The third-order valence-corrected chi connectivity index (χ3v) is 1.87. The van der Waals surface area contributed by atoms with E-state index in [0.29, 0.717) is 5.75 Å². The van der Waals surface area contributed by atoms with Crippen LogP contribution in [0.3, 0.4) is 0 Å². The largest absolute Gasteiger partial charge is 0.475 e. The number of allylic oxidation sites excluding steroid dienone is 2. The molecule has 14 heavy (non-hydrogen) atoms. The first-order valence-corrected chi connectivity index (χ1v) is 4.16. The Hall–Kier alpha value is -2.03. The summed E-state index contributed by atoms with van der Waals surface area (Å²) in [6.45, 7) is 0. The molecule has 1 heterocycles. The molecule has 1 aromatic rings. The van der Waals surface area contributed by atoms with Crippen LogP contribution in [-0.4, -0.2) is 11.1 Å². The molecule has 0 saturated carbocycles. The molecule has 1 aromatic carbocycles. The van der Waals surface area contributed by atoms with Crippen molar-refractivity contribution in [3.63, 3.8) is 0 Å². The van der Waals surface area contributed by atoms with Crippen molar-refractivity contribution in [1.82, 2.24) is 0 Å². The second-order valence-corrected chi connectivity index (χ2v) is 2.84. The molecular formula is C11H8O3. The van der Waals surface area contributed by atoms with Gasteiger partial charge < -0.3 is 9.84 Å². The van der Waals surface area contributed by atoms with Crippen molar-refractivity contribution in [3.05, 3.63) is 47.7 Å². The number of carboxylic acids is 1. The van der Waals surface area contributed by atoms with Gasteiger partial charge in [-0.1, -0.05) is 30.4 Å². The molecule has 3 heteroatoms. The molecule has 0 unspecified atom stereocenters. The standard InChI is InChI=1S/C11H8O3/c12-11(13)10-7-3-5-8-4-1-2-6-9(8)14-10/h1-7H,(H,12,13). The SMILES string of the molecule is O=C(O)C1=CC=Cc2ccccc2O1. The van der Waals surface area contributed by atoms with E-state index in [2.05, 4.69) is 0 Å². The van der Waals surface area contributed by atoms with E-state index in [1.54, 1.807) is 18.2 Å². The molecule has 70 valence electrons. The normalized spacial score (nSPS) is 13.6. The zero-order valence-corrected chi connectivity index (χ0v) is 7.31. The van der Waals surface area contributed by atoms with Gasteiger partial charge in [0.15, 0.2) is 0 Å². The van der Waals surface area contributed by atoms with E-state index in [1.807, 2.05) is 18.2 Å². The molecular weight excluding hydrogens is 180 g/mol. The molecule has 0 fully saturated rings. The average Bonchev–Trinajstić information content (AvgIpc) is 2.39. The zero-order valence-electron chi connectivity index (χ0n) is 7.31. The maximum absolute atomic E-state index is 10.7. The summed E-state index contributed by atoms with van der Waals surface area (Å²) in [6, 6.07) is 7.28. The highest BCUT2D eigenvalue weighted by atomic mass is 16.5. The first kappa shape index (κ1) is 8.56. The molecule has 0 aromatic heterocycles. The molecule has 0 bridgehead atoms. The van der Waals surface area contributed by atoms with Gasteiger partial charge in [-0.3, -0.25) is 0 Å². The lowest BCUT2D eigenvalue weighted by Crippen LogP contribution is -2.07. The summed E-state index contributed by atoms with van der Waals surface area (Å²) in [5.74, 6) is -0.563. The van der Waals surface area contributed by atoms with Crippen LogP contribution in [0.5, 0.6) is 5.75 Å². The number of carboxylic acid groups (broad SMARTS) is 1. The van der Waals surface area contributed by atoms with Crippen LogP contribution in [0.4, 0.5) is 0 Å². The van der Waals surface area contributed by atoms with Crippen molar-refractivity contribution in [1.29, 1.82) is 0 Å². The number of benzene rings is 1. The Kier molecular flexibility index (Phi) is 2.07. The third kappa shape index (κ3) is 1.52. The lowest BCUT2D eigenvalue weighted by atomic mass is 10.2. The minimum Gasteiger partial charge on any atom is -0.475 e. The highest BCUT2D eigenvalue weighted by Crippen LogP contribution is 2.24. The highest BCUT2D eigenvalue weighted by Gasteiger charge is 2.12. The van der Waals surface area contributed by atoms with Gasteiger partial charge in [0.1, 0.15) is 5.75 Å². The fraction of sp³-hybridized carbons (Fsp3) is 0. The van der Waals surface area contributed by atoms with Crippen LogP contribution in [-0.2, 0) is 4.79 Å². The number of aliphatic carboxylic acids is 1. The smallest absolute Gasteiger partial charge is 0.371 e. The molecule has 1 aliphatic heterocycles. The minimum atomic E-state index is -1.06. The van der Waals surface area contributed by atoms with Crippen molar-refractivity contribution >= 4 is 12.0 Å². The van der Waals surface area contributed by atoms with E-state index in [9.17, 15) is 4.79 Å². The van der Waals surface area contributed by atoms with Gasteiger partial charge in [0.05, 0.1) is 0 Å². The van der Waals surface area contributed by atoms with Gasteiger partial charge in [0.25, 0.3) is 0 Å². The number of ether oxygens (including phenoxy) is 1. The van der Waals surface area contributed by atoms with Gasteiger partial charge >= 0.3 is 5.97 Å². The predicted octanol–water partition coefficient (Wildman–Crippen LogP) is 2.06. The monoisotopic (exact) mass is 188 g/mol. The second kappa shape index (κ2) is 3.38. The Morgan fingerprint density at radius 1 is 1.29 bits per heavy atom. The Morgan fingerprint density at radius 2 is 2.07 bits per heavy atom. The van der Waals surface area contributed by atoms with Crippen molar-refractivity contribution in [2.45, 2.75) is 0 Å². The van der Waals surface area contributed by atoms with Crippen LogP contribution in [0.25, 0.3) is 6.08 Å². The Labute approximate surface area is 80.9 Å². The van der Waals surface area contributed by atoms with Gasteiger partial charge in [-0.2, -0.15) is 0 Å². The number of hydrogen-bond acceptors (Lipinski definition) is 2. The summed E-state index contributed by atoms with van der Waals surface area (Å²) in [5, 5.41) is 8.76. The van der Waals surface area contributed by atoms with Gasteiger partial charge in [-0.25, -0.2) is 4.79 Å². The van der Waals surface area contributed by atoms with Crippen LogP contribution in [0.2, 0.25) is 0 Å². The van der Waals surface area contributed by atoms with Crippen LogP contribution in [0, 0.1) is 0 Å². The molecule has 0 spiro atoms. The summed E-state index contributed by atoms with van der Waals surface area (Å²) in [4.78, 5) is 10.7. The fourth-order valence-electron chi connectivity index (χ4n) is 1.22. The molecule has 3 nitrogen and oxygen atoms in total. The van der Waals surface area contributed by atoms with E-state index in [4.69, 9.17) is 9.84 Å². The summed E-state index contributed by atoms with van der Waals surface area (Å²) in [5.41, 5.74) is 0.875. The molecule has 1 aliphatic rings. The van der Waals surface area contributed by atoms with Gasteiger partial charge in [0, 0.05) is 5.56 Å². The van der Waals surface area contributed by atoms with Crippen LogP contribution in [0.1, 0.15) is 5.56 Å². The first-order valence-electron chi connectivity index (χ1n) is 4.16. The van der Waals surface area contributed by atoms with Gasteiger partial charge in [0.2, 0.25) is 5.76 Å². The molecule has 2 rings (SSSR count). The lowest BCUT2D eigenvalue weighted by Gasteiger charge is -2.06. The average molecular weight is 188 g/mol. The number of carbonyl (C=O) groups is 1. The van der Waals surface area contributed by atoms with Crippen LogP contribution >= 0.6 is 0 Å². The van der Waals surface area contributed by atoms with Gasteiger partial charge in [-0.05, 0) is 12.1 Å². The molecule has 1 N–H and O–H groups in total. The van der Waals surface area contributed by atoms with Crippen molar-refractivity contribution < 1.29 is 14.6 Å². The van der Waals surface area contributed by atoms with Crippen molar-refractivity contribution in [3.8, 4) is 5.75 Å². The molecule has 0 amide bonds. The minimum absolute atomic E-state index is 0.0637. The van der Waals surface area contributed by atoms with Crippen molar-refractivity contribution in [2.24, 2.45) is 0 Å². The maximum atomic E-state index is 10.7. The zero-order chi connectivity index (χ0) is 9.97. The molecule has 0 aliphatic carbocycles. The van der Waals surface area contributed by atoms with E-state index in [1.165, 1.54) is 6.08 Å². The topological polar surface area (TPSA) is 46.5 Å². The van der Waals surface area contributed by atoms with Crippen LogP contribution in [0.15, 0.2) is 42.2 Å². The lowest BCUT2D eigenvalue weighted by molar-refractivity contribution is -0.135. The summed E-state index contributed by atoms with van der Waals surface area (Å²) < 4.78 is 5.22. The third-order valence-electron chi connectivity index (χ3n) is 1.87. The van der Waals surface area contributed by atoms with E-state index in [-0.39, 0.29) is 5.76 Å². The highest BCUT2D eigenvalue weighted by molar-refractivity contribution is 5.86. The number of rotatable bonds is 1. The Bertz CT molecular complexity index is 430. The quantitative estimate of drug-likeness (QED) is 0.733. The maximum Gasteiger partial charge on any atom is 0.371 e. The van der Waals surface area contributed by atoms with E-state index < -0.39 is 5.97 Å². The van der Waals surface area contributed by atoms with Crippen molar-refractivity contribution in [2.75, 3.05) is 0 Å². The first-order chi connectivity index (χ1) is 6.77. The molecule has 0 atom stereocenters. The summed E-state index contributed by atoms with van der Waals surface area (Å²) in [7, 11) is 0. The molecule has 0 saturated heterocycles. The van der Waals surface area contributed by atoms with Gasteiger partial charge in [-0.15, -0.1) is 0 Å². The van der Waals surface area contributed by atoms with E-state index >= 15 is 0 Å². The summed E-state index contributed by atoms with van der Waals surface area (Å²) in [6.07, 6.45) is 4.91. The summed E-state index contributed by atoms with van der Waals surface area (Å²) >= 11 is 0. The second-order valence-electron chi connectivity index (χ2n) is 2.84. The number of para-hydroxylation sites is 1. The number of hydrogen-bond donors (Lipinski definition) is 1. The molecule has 0 radical (unpaired) electrons. The predicted molar refractivity (Wildman–Crippen MR) is 51.8 cm³/mol. The van der Waals surface area contributed by atoms with Crippen LogP contribution < -0.4 is 4.74 Å². The fourth-order valence-corrected chi connectivity index (χ4v) is 1.22. The van der Waals surface area contributed by atoms with E-state index in [0.717, 1.165) is 5.56 Å². The Balaban J connectivity index is 2.42.